The third kappa shape index (κ3) is 1.32. The average Bonchev–Trinajstić information content (AvgIpc) is 2.46. The second-order valence-corrected chi connectivity index (χ2v) is 3.79. The molecule has 0 amide bonds. The van der Waals surface area contributed by atoms with Crippen LogP contribution in [0.5, 0.6) is 0 Å². The Hall–Kier alpha value is -1.31. The van der Waals surface area contributed by atoms with E-state index in [4.69, 9.17) is 0 Å². The highest BCUT2D eigenvalue weighted by Gasteiger charge is 2.06. The van der Waals surface area contributed by atoms with Gasteiger partial charge < -0.3 is 0 Å². The lowest BCUT2D eigenvalue weighted by molar-refractivity contribution is 0.875. The summed E-state index contributed by atoms with van der Waals surface area (Å²) < 4.78 is 1.93. The van der Waals surface area contributed by atoms with Crippen LogP contribution in [0.25, 0.3) is 5.52 Å². The molecule has 0 bridgehead atoms. The fourth-order valence-corrected chi connectivity index (χ4v) is 1.55. The van der Waals surface area contributed by atoms with Crippen LogP contribution in [0.2, 0.25) is 0 Å². The van der Waals surface area contributed by atoms with E-state index in [2.05, 4.69) is 38.0 Å². The summed E-state index contributed by atoms with van der Waals surface area (Å²) in [5, 5.41) is 4.30. The summed E-state index contributed by atoms with van der Waals surface area (Å²) in [6.45, 7) is 6.50. The predicted molar refractivity (Wildman–Crippen MR) is 54.0 cm³/mol. The van der Waals surface area contributed by atoms with E-state index in [-0.39, 0.29) is 0 Å². The van der Waals surface area contributed by atoms with E-state index in [1.807, 2.05) is 16.9 Å². The highest BCUT2D eigenvalue weighted by atomic mass is 15.2. The second kappa shape index (κ2) is 2.87. The van der Waals surface area contributed by atoms with E-state index in [9.17, 15) is 0 Å². The standard InChI is InChI=1S/C11H14N2/c1-8(2)10-7-12-13-5-4-9(3)6-11(10)13/h4-8H,1-3H3. The molecule has 0 aliphatic carbocycles. The van der Waals surface area contributed by atoms with E-state index >= 15 is 0 Å². The van der Waals surface area contributed by atoms with Gasteiger partial charge in [0.1, 0.15) is 0 Å². The van der Waals surface area contributed by atoms with Crippen LogP contribution >= 0.6 is 0 Å². The van der Waals surface area contributed by atoms with E-state index < -0.39 is 0 Å². The number of rotatable bonds is 1. The normalized spacial score (nSPS) is 11.4. The maximum absolute atomic E-state index is 4.30. The lowest BCUT2D eigenvalue weighted by atomic mass is 10.1. The van der Waals surface area contributed by atoms with Gasteiger partial charge in [0, 0.05) is 11.8 Å². The molecule has 13 heavy (non-hydrogen) atoms. The SMILES string of the molecule is Cc1ccn2ncc(C(C)C)c2c1. The first-order valence-electron chi connectivity index (χ1n) is 4.62. The number of nitrogens with zero attached hydrogens (tertiary/aromatic N) is 2. The Morgan fingerprint density at radius 3 is 2.85 bits per heavy atom. The van der Waals surface area contributed by atoms with Crippen molar-refractivity contribution in [3.05, 3.63) is 35.7 Å². The number of pyridine rings is 1. The molecule has 0 aromatic carbocycles. The molecular weight excluding hydrogens is 160 g/mol. The van der Waals surface area contributed by atoms with E-state index in [1.165, 1.54) is 16.6 Å². The highest BCUT2D eigenvalue weighted by molar-refractivity contribution is 5.56. The molecule has 2 aromatic rings. The van der Waals surface area contributed by atoms with Gasteiger partial charge in [0.25, 0.3) is 0 Å². The van der Waals surface area contributed by atoms with Crippen molar-refractivity contribution in [2.24, 2.45) is 0 Å². The molecule has 2 aromatic heterocycles. The first-order chi connectivity index (χ1) is 6.18. The Balaban J connectivity index is 2.71. The van der Waals surface area contributed by atoms with Crippen LogP contribution in [0.1, 0.15) is 30.9 Å². The molecule has 0 spiro atoms. The molecule has 0 saturated heterocycles. The fourth-order valence-electron chi connectivity index (χ4n) is 1.55. The van der Waals surface area contributed by atoms with Gasteiger partial charge in [0.05, 0.1) is 11.7 Å². The van der Waals surface area contributed by atoms with Gasteiger partial charge in [-0.1, -0.05) is 13.8 Å². The van der Waals surface area contributed by atoms with Gasteiger partial charge in [-0.05, 0) is 30.5 Å². The minimum Gasteiger partial charge on any atom is -0.241 e. The molecule has 68 valence electrons. The van der Waals surface area contributed by atoms with E-state index in [0.29, 0.717) is 5.92 Å². The number of hydrogen-bond acceptors (Lipinski definition) is 1. The molecular formula is C11H14N2. The Morgan fingerprint density at radius 1 is 1.38 bits per heavy atom. The van der Waals surface area contributed by atoms with Crippen LogP contribution in [-0.4, -0.2) is 9.61 Å². The first-order valence-corrected chi connectivity index (χ1v) is 4.62. The number of aryl methyl sites for hydroxylation is 1. The highest BCUT2D eigenvalue weighted by Crippen LogP contribution is 2.20. The smallest absolute Gasteiger partial charge is 0.0698 e. The molecule has 2 heterocycles. The van der Waals surface area contributed by atoms with Crippen LogP contribution in [0.4, 0.5) is 0 Å². The summed E-state index contributed by atoms with van der Waals surface area (Å²) in [5.74, 6) is 0.541. The van der Waals surface area contributed by atoms with Gasteiger partial charge in [0.2, 0.25) is 0 Å². The molecule has 2 rings (SSSR count). The maximum Gasteiger partial charge on any atom is 0.0698 e. The fraction of sp³-hybridized carbons (Fsp3) is 0.364. The largest absolute Gasteiger partial charge is 0.241 e. The molecule has 0 N–H and O–H groups in total. The Labute approximate surface area is 78.2 Å². The maximum atomic E-state index is 4.30. The van der Waals surface area contributed by atoms with Crippen molar-refractivity contribution in [1.29, 1.82) is 0 Å². The molecule has 0 radical (unpaired) electrons. The third-order valence-electron chi connectivity index (χ3n) is 2.33. The van der Waals surface area contributed by atoms with Crippen LogP contribution < -0.4 is 0 Å². The van der Waals surface area contributed by atoms with Gasteiger partial charge >= 0.3 is 0 Å². The van der Waals surface area contributed by atoms with Crippen molar-refractivity contribution in [2.45, 2.75) is 26.7 Å². The zero-order valence-corrected chi connectivity index (χ0v) is 8.28. The Morgan fingerprint density at radius 2 is 2.15 bits per heavy atom. The van der Waals surface area contributed by atoms with Crippen molar-refractivity contribution in [1.82, 2.24) is 9.61 Å². The van der Waals surface area contributed by atoms with Crippen LogP contribution in [0.15, 0.2) is 24.5 Å². The van der Waals surface area contributed by atoms with Gasteiger partial charge in [-0.25, -0.2) is 4.52 Å². The Bertz CT molecular complexity index is 427. The minimum atomic E-state index is 0.541. The van der Waals surface area contributed by atoms with Crippen molar-refractivity contribution in [3.63, 3.8) is 0 Å². The molecule has 0 saturated carbocycles. The molecule has 0 unspecified atom stereocenters. The summed E-state index contributed by atoms with van der Waals surface area (Å²) in [6, 6.07) is 4.26. The number of hydrogen-bond donors (Lipinski definition) is 0. The van der Waals surface area contributed by atoms with Crippen molar-refractivity contribution < 1.29 is 0 Å². The van der Waals surface area contributed by atoms with Gasteiger partial charge in [0.15, 0.2) is 0 Å². The first kappa shape index (κ1) is 8.30. The van der Waals surface area contributed by atoms with Crippen LogP contribution in [-0.2, 0) is 0 Å². The molecule has 0 aliphatic rings. The second-order valence-electron chi connectivity index (χ2n) is 3.79. The zero-order valence-electron chi connectivity index (χ0n) is 8.28. The molecule has 2 heteroatoms. The van der Waals surface area contributed by atoms with E-state index in [0.717, 1.165) is 0 Å². The lowest BCUT2D eigenvalue weighted by Gasteiger charge is -2.02. The molecule has 0 fully saturated rings. The van der Waals surface area contributed by atoms with Crippen molar-refractivity contribution in [3.8, 4) is 0 Å². The van der Waals surface area contributed by atoms with Crippen molar-refractivity contribution in [2.75, 3.05) is 0 Å². The summed E-state index contributed by atoms with van der Waals surface area (Å²) in [6.07, 6.45) is 3.97. The monoisotopic (exact) mass is 174 g/mol. The number of aromatic nitrogens is 2. The summed E-state index contributed by atoms with van der Waals surface area (Å²) in [4.78, 5) is 0. The number of fused-ring (bicyclic) bond motifs is 1. The van der Waals surface area contributed by atoms with Gasteiger partial charge in [-0.3, -0.25) is 0 Å². The molecule has 0 atom stereocenters. The van der Waals surface area contributed by atoms with Crippen LogP contribution in [0.3, 0.4) is 0 Å². The van der Waals surface area contributed by atoms with Crippen LogP contribution in [0, 0.1) is 6.92 Å². The van der Waals surface area contributed by atoms with Gasteiger partial charge in [-0.2, -0.15) is 5.10 Å². The molecule has 2 nitrogen and oxygen atoms in total. The summed E-state index contributed by atoms with van der Waals surface area (Å²) in [5.41, 5.74) is 3.84. The summed E-state index contributed by atoms with van der Waals surface area (Å²) >= 11 is 0. The molecule has 0 aliphatic heterocycles. The van der Waals surface area contributed by atoms with E-state index in [1.54, 1.807) is 0 Å². The van der Waals surface area contributed by atoms with Crippen molar-refractivity contribution >= 4 is 5.52 Å². The topological polar surface area (TPSA) is 17.3 Å². The average molecular weight is 174 g/mol. The zero-order chi connectivity index (χ0) is 9.42. The quantitative estimate of drug-likeness (QED) is 0.649. The lowest BCUT2D eigenvalue weighted by Crippen LogP contribution is -1.89. The van der Waals surface area contributed by atoms with Gasteiger partial charge in [-0.15, -0.1) is 0 Å². The predicted octanol–water partition coefficient (Wildman–Crippen LogP) is 2.77. The summed E-state index contributed by atoms with van der Waals surface area (Å²) in [7, 11) is 0. The minimum absolute atomic E-state index is 0.541. The third-order valence-corrected chi connectivity index (χ3v) is 2.33. The Kier molecular flexibility index (Phi) is 1.83.